The lowest BCUT2D eigenvalue weighted by atomic mass is 10.1. The van der Waals surface area contributed by atoms with E-state index in [1.165, 1.54) is 37.0 Å². The molecule has 0 saturated heterocycles. The van der Waals surface area contributed by atoms with Crippen LogP contribution in [-0.4, -0.2) is 41.2 Å². The number of amides is 1. The molecule has 4 aromatic rings. The van der Waals surface area contributed by atoms with E-state index in [0.29, 0.717) is 17.0 Å². The molecule has 8 nitrogen and oxygen atoms in total. The second kappa shape index (κ2) is 10.6. The predicted molar refractivity (Wildman–Crippen MR) is 131 cm³/mol. The molecule has 9 heteroatoms. The van der Waals surface area contributed by atoms with Crippen LogP contribution >= 0.6 is 0 Å². The minimum Gasteiger partial charge on any atom is -0.497 e. The van der Waals surface area contributed by atoms with E-state index in [1.807, 2.05) is 30.3 Å². The third-order valence-electron chi connectivity index (χ3n) is 5.22. The Hall–Kier alpha value is -4.79. The number of nitrogens with zero attached hydrogens (tertiary/aromatic N) is 2. The Labute approximate surface area is 206 Å². The molecule has 0 radical (unpaired) electrons. The summed E-state index contributed by atoms with van der Waals surface area (Å²) in [7, 11) is 1.53. The number of esters is 1. The molecule has 1 amide bonds. The van der Waals surface area contributed by atoms with E-state index in [0.717, 1.165) is 11.8 Å². The fourth-order valence-electron chi connectivity index (χ4n) is 3.53. The van der Waals surface area contributed by atoms with Gasteiger partial charge in [-0.2, -0.15) is 5.10 Å². The summed E-state index contributed by atoms with van der Waals surface area (Å²) in [5, 5.41) is 7.00. The Morgan fingerprint density at radius 2 is 1.75 bits per heavy atom. The zero-order chi connectivity index (χ0) is 25.7. The summed E-state index contributed by atoms with van der Waals surface area (Å²) in [6.45, 7) is 0.611. The first kappa shape index (κ1) is 24.3. The lowest BCUT2D eigenvalue weighted by Crippen LogP contribution is -2.16. The van der Waals surface area contributed by atoms with E-state index in [2.05, 4.69) is 10.4 Å². The molecule has 1 aromatic heterocycles. The molecule has 0 fully saturated rings. The molecule has 182 valence electrons. The number of para-hydroxylation sites is 1. The normalized spacial score (nSPS) is 10.5. The SMILES string of the molecule is COc1cccc(-c2nn(-c3ccccc3)cc2C(=O)OCC(=O)c2ccc(NC(C)=O)cc2F)c1. The lowest BCUT2D eigenvalue weighted by molar-refractivity contribution is -0.114. The van der Waals surface area contributed by atoms with Gasteiger partial charge in [-0.25, -0.2) is 13.9 Å². The molecule has 0 unspecified atom stereocenters. The fraction of sp³-hybridized carbons (Fsp3) is 0.111. The quantitative estimate of drug-likeness (QED) is 0.286. The maximum Gasteiger partial charge on any atom is 0.342 e. The number of carbonyl (C=O) groups excluding carboxylic acids is 3. The van der Waals surface area contributed by atoms with Gasteiger partial charge >= 0.3 is 5.97 Å². The van der Waals surface area contributed by atoms with Crippen molar-refractivity contribution in [1.29, 1.82) is 0 Å². The number of nitrogens with one attached hydrogen (secondary N) is 1. The Bertz CT molecular complexity index is 1430. The van der Waals surface area contributed by atoms with Crippen LogP contribution in [0.4, 0.5) is 10.1 Å². The summed E-state index contributed by atoms with van der Waals surface area (Å²) < 4.78 is 26.5. The molecule has 0 bridgehead atoms. The Morgan fingerprint density at radius 3 is 2.44 bits per heavy atom. The van der Waals surface area contributed by atoms with E-state index in [-0.39, 0.29) is 22.7 Å². The van der Waals surface area contributed by atoms with Gasteiger partial charge in [-0.1, -0.05) is 30.3 Å². The van der Waals surface area contributed by atoms with Crippen LogP contribution in [0.15, 0.2) is 79.0 Å². The van der Waals surface area contributed by atoms with Gasteiger partial charge in [0.05, 0.1) is 18.4 Å². The van der Waals surface area contributed by atoms with Crippen molar-refractivity contribution in [2.24, 2.45) is 0 Å². The molecular weight excluding hydrogens is 465 g/mol. The summed E-state index contributed by atoms with van der Waals surface area (Å²) >= 11 is 0. The molecule has 1 N–H and O–H groups in total. The van der Waals surface area contributed by atoms with E-state index >= 15 is 0 Å². The molecule has 0 atom stereocenters. The molecular formula is C27H22FN3O5. The van der Waals surface area contributed by atoms with E-state index in [1.54, 1.807) is 24.3 Å². The Balaban J connectivity index is 1.59. The van der Waals surface area contributed by atoms with Crippen molar-refractivity contribution < 1.29 is 28.2 Å². The maximum atomic E-state index is 14.4. The van der Waals surface area contributed by atoms with Crippen molar-refractivity contribution in [1.82, 2.24) is 9.78 Å². The van der Waals surface area contributed by atoms with Crippen molar-refractivity contribution in [2.75, 3.05) is 19.0 Å². The van der Waals surface area contributed by atoms with Gasteiger partial charge in [0.15, 0.2) is 6.61 Å². The zero-order valence-corrected chi connectivity index (χ0v) is 19.5. The Morgan fingerprint density at radius 1 is 0.972 bits per heavy atom. The first-order valence-corrected chi connectivity index (χ1v) is 10.9. The van der Waals surface area contributed by atoms with Crippen LogP contribution in [0.5, 0.6) is 5.75 Å². The summed E-state index contributed by atoms with van der Waals surface area (Å²) in [6.07, 6.45) is 1.51. The van der Waals surface area contributed by atoms with Gasteiger partial charge in [-0.05, 0) is 42.5 Å². The van der Waals surface area contributed by atoms with Crippen LogP contribution in [-0.2, 0) is 9.53 Å². The minimum atomic E-state index is -0.837. The van der Waals surface area contributed by atoms with E-state index in [4.69, 9.17) is 9.47 Å². The van der Waals surface area contributed by atoms with Crippen molar-refractivity contribution in [3.05, 3.63) is 95.9 Å². The van der Waals surface area contributed by atoms with Gasteiger partial charge < -0.3 is 14.8 Å². The second-order valence-corrected chi connectivity index (χ2v) is 7.78. The molecule has 0 aliphatic heterocycles. The van der Waals surface area contributed by atoms with Gasteiger partial charge in [-0.3, -0.25) is 9.59 Å². The largest absolute Gasteiger partial charge is 0.497 e. The average molecular weight is 487 g/mol. The van der Waals surface area contributed by atoms with E-state index in [9.17, 15) is 18.8 Å². The van der Waals surface area contributed by atoms with Crippen LogP contribution in [0, 0.1) is 5.82 Å². The first-order chi connectivity index (χ1) is 17.4. The summed E-state index contributed by atoms with van der Waals surface area (Å²) in [5.74, 6) is -2.15. The molecule has 4 rings (SSSR count). The van der Waals surface area contributed by atoms with Crippen molar-refractivity contribution in [3.63, 3.8) is 0 Å². The van der Waals surface area contributed by atoms with E-state index < -0.39 is 24.2 Å². The number of rotatable bonds is 8. The highest BCUT2D eigenvalue weighted by atomic mass is 19.1. The molecule has 0 aliphatic rings. The number of hydrogen-bond donors (Lipinski definition) is 1. The van der Waals surface area contributed by atoms with Crippen molar-refractivity contribution >= 4 is 23.3 Å². The number of Topliss-reactive ketones (excluding diaryl/α,β-unsaturated/α-hetero) is 1. The molecule has 0 spiro atoms. The van der Waals surface area contributed by atoms with Gasteiger partial charge in [0.2, 0.25) is 11.7 Å². The van der Waals surface area contributed by atoms with Gasteiger partial charge in [0.25, 0.3) is 0 Å². The molecule has 0 saturated carbocycles. The highest BCUT2D eigenvalue weighted by Crippen LogP contribution is 2.27. The standard InChI is InChI=1S/C27H22FN3O5/c1-17(32)29-19-11-12-22(24(28)14-19)25(33)16-36-27(34)23-15-31(20-8-4-3-5-9-20)30-26(23)18-7-6-10-21(13-18)35-2/h3-15H,16H2,1-2H3,(H,29,32). The lowest BCUT2D eigenvalue weighted by Gasteiger charge is -2.08. The maximum absolute atomic E-state index is 14.4. The monoisotopic (exact) mass is 487 g/mol. The van der Waals surface area contributed by atoms with Crippen molar-refractivity contribution in [2.45, 2.75) is 6.92 Å². The van der Waals surface area contributed by atoms with Crippen LogP contribution < -0.4 is 10.1 Å². The minimum absolute atomic E-state index is 0.126. The number of halogens is 1. The molecule has 0 aliphatic carbocycles. The topological polar surface area (TPSA) is 99.5 Å². The summed E-state index contributed by atoms with van der Waals surface area (Å²) in [5.41, 5.74) is 1.75. The molecule has 1 heterocycles. The van der Waals surface area contributed by atoms with Crippen LogP contribution in [0.1, 0.15) is 27.6 Å². The molecule has 36 heavy (non-hydrogen) atoms. The Kier molecular flexibility index (Phi) is 7.20. The number of anilines is 1. The highest BCUT2D eigenvalue weighted by Gasteiger charge is 2.22. The number of benzene rings is 3. The fourth-order valence-corrected chi connectivity index (χ4v) is 3.53. The van der Waals surface area contributed by atoms with Crippen LogP contribution in [0.2, 0.25) is 0 Å². The smallest absolute Gasteiger partial charge is 0.342 e. The number of carbonyl (C=O) groups is 3. The van der Waals surface area contributed by atoms with Crippen LogP contribution in [0.25, 0.3) is 16.9 Å². The number of ketones is 1. The number of hydrogen-bond acceptors (Lipinski definition) is 6. The zero-order valence-electron chi connectivity index (χ0n) is 19.5. The van der Waals surface area contributed by atoms with Crippen molar-refractivity contribution in [3.8, 4) is 22.7 Å². The van der Waals surface area contributed by atoms with Gasteiger partial charge in [0, 0.05) is 24.4 Å². The highest BCUT2D eigenvalue weighted by molar-refractivity contribution is 6.01. The average Bonchev–Trinajstić information content (AvgIpc) is 3.33. The number of aromatic nitrogens is 2. The number of methoxy groups -OCH3 is 1. The van der Waals surface area contributed by atoms with Crippen LogP contribution in [0.3, 0.4) is 0 Å². The predicted octanol–water partition coefficient (Wildman–Crippen LogP) is 4.69. The third-order valence-corrected chi connectivity index (χ3v) is 5.22. The number of ether oxygens (including phenoxy) is 2. The summed E-state index contributed by atoms with van der Waals surface area (Å²) in [4.78, 5) is 36.7. The summed E-state index contributed by atoms with van der Waals surface area (Å²) in [6, 6.07) is 19.9. The van der Waals surface area contributed by atoms with Gasteiger partial charge in [0.1, 0.15) is 22.8 Å². The first-order valence-electron chi connectivity index (χ1n) is 10.9. The van der Waals surface area contributed by atoms with Gasteiger partial charge in [-0.15, -0.1) is 0 Å². The second-order valence-electron chi connectivity index (χ2n) is 7.78. The third kappa shape index (κ3) is 5.47. The molecule has 3 aromatic carbocycles.